The van der Waals surface area contributed by atoms with Crippen LogP contribution < -0.4 is 5.32 Å². The molecule has 0 spiro atoms. The molecule has 0 fully saturated rings. The molecule has 6 heteroatoms. The first kappa shape index (κ1) is 55.3. The number of hydrogen-bond acceptors (Lipinski definition) is 5. The van der Waals surface area contributed by atoms with Crippen LogP contribution in [0.5, 0.6) is 0 Å². The molecular weight excluding hydrogens is 707 g/mol. The Kier molecular flexibility index (Phi) is 44.0. The largest absolute Gasteiger partial charge is 0.394 e. The van der Waals surface area contributed by atoms with E-state index in [-0.39, 0.29) is 0 Å². The molecule has 4 unspecified atom stereocenters. The van der Waals surface area contributed by atoms with Gasteiger partial charge in [0.25, 0.3) is 0 Å². The van der Waals surface area contributed by atoms with Crippen molar-refractivity contribution in [3.05, 3.63) is 48.6 Å². The highest BCUT2D eigenvalue weighted by molar-refractivity contribution is 5.80. The molecule has 0 aromatic rings. The summed E-state index contributed by atoms with van der Waals surface area (Å²) in [5, 5.41) is 43.8. The van der Waals surface area contributed by atoms with Crippen molar-refractivity contribution in [3.8, 4) is 0 Å². The Balaban J connectivity index is 3.78. The molecule has 57 heavy (non-hydrogen) atoms. The van der Waals surface area contributed by atoms with E-state index in [0.717, 1.165) is 64.2 Å². The van der Waals surface area contributed by atoms with Gasteiger partial charge in [-0.1, -0.05) is 197 Å². The maximum atomic E-state index is 12.5. The minimum atomic E-state index is -1.30. The van der Waals surface area contributed by atoms with Gasteiger partial charge in [0, 0.05) is 0 Å². The average Bonchev–Trinajstić information content (AvgIpc) is 3.22. The molecule has 0 aromatic carbocycles. The second kappa shape index (κ2) is 45.4. The standard InChI is InChI=1S/C51H95NO5/c1-3-5-7-9-11-13-15-17-19-21-23-24-25-27-29-31-33-35-37-39-41-43-45-49(55)51(57)52-47(46-53)50(56)48(54)44-42-40-38-36-34-32-30-28-26-22-20-18-16-14-12-10-8-6-4-2/h18,20,27-30,36,38,47-50,53-56H,3-17,19,21-26,31-35,37,39-46H2,1-2H3,(H,52,57)/b20-18+,29-27-,30-28+,38-36+. The molecule has 5 N–H and O–H groups in total. The molecule has 0 saturated carbocycles. The molecular formula is C51H95NO5. The van der Waals surface area contributed by atoms with Crippen LogP contribution in [0.3, 0.4) is 0 Å². The zero-order valence-corrected chi connectivity index (χ0v) is 37.6. The van der Waals surface area contributed by atoms with Crippen molar-refractivity contribution >= 4 is 5.91 Å². The van der Waals surface area contributed by atoms with Crippen molar-refractivity contribution in [2.75, 3.05) is 6.61 Å². The Morgan fingerprint density at radius 3 is 1.11 bits per heavy atom. The predicted octanol–water partition coefficient (Wildman–Crippen LogP) is 13.5. The number of unbranched alkanes of at least 4 members (excludes halogenated alkanes) is 27. The highest BCUT2D eigenvalue weighted by Gasteiger charge is 2.28. The molecule has 0 aliphatic carbocycles. The van der Waals surface area contributed by atoms with Crippen molar-refractivity contribution < 1.29 is 25.2 Å². The van der Waals surface area contributed by atoms with E-state index in [9.17, 15) is 25.2 Å². The van der Waals surface area contributed by atoms with E-state index in [1.54, 1.807) is 0 Å². The lowest BCUT2D eigenvalue weighted by Crippen LogP contribution is -2.53. The first-order valence-electron chi connectivity index (χ1n) is 24.5. The molecule has 0 saturated heterocycles. The van der Waals surface area contributed by atoms with Crippen molar-refractivity contribution in [2.24, 2.45) is 0 Å². The smallest absolute Gasteiger partial charge is 0.249 e. The third-order valence-corrected chi connectivity index (χ3v) is 11.2. The first-order valence-corrected chi connectivity index (χ1v) is 24.5. The molecule has 4 atom stereocenters. The molecule has 6 nitrogen and oxygen atoms in total. The van der Waals surface area contributed by atoms with Crippen LogP contribution in [0.4, 0.5) is 0 Å². The quantitative estimate of drug-likeness (QED) is 0.0311. The molecule has 1 amide bonds. The Morgan fingerprint density at radius 1 is 0.421 bits per heavy atom. The topological polar surface area (TPSA) is 110 Å². The third-order valence-electron chi connectivity index (χ3n) is 11.2. The van der Waals surface area contributed by atoms with Gasteiger partial charge < -0.3 is 25.7 Å². The second-order valence-electron chi connectivity index (χ2n) is 16.8. The van der Waals surface area contributed by atoms with Crippen LogP contribution in [0.2, 0.25) is 0 Å². The number of carbonyl (C=O) groups excluding carboxylic acids is 1. The van der Waals surface area contributed by atoms with Gasteiger partial charge in [0.05, 0.1) is 18.8 Å². The lowest BCUT2D eigenvalue weighted by atomic mass is 10.00. The lowest BCUT2D eigenvalue weighted by Gasteiger charge is -2.27. The van der Waals surface area contributed by atoms with E-state index in [1.165, 1.54) is 141 Å². The summed E-state index contributed by atoms with van der Waals surface area (Å²) < 4.78 is 0. The van der Waals surface area contributed by atoms with Crippen LogP contribution in [0.15, 0.2) is 48.6 Å². The summed E-state index contributed by atoms with van der Waals surface area (Å²) in [7, 11) is 0. The van der Waals surface area contributed by atoms with Crippen molar-refractivity contribution in [1.29, 1.82) is 0 Å². The fourth-order valence-corrected chi connectivity index (χ4v) is 7.31. The summed E-state index contributed by atoms with van der Waals surface area (Å²) in [5.74, 6) is -0.604. The Bertz CT molecular complexity index is 946. The van der Waals surface area contributed by atoms with Gasteiger partial charge in [0.1, 0.15) is 12.2 Å². The van der Waals surface area contributed by atoms with Crippen LogP contribution >= 0.6 is 0 Å². The number of carbonyl (C=O) groups is 1. The van der Waals surface area contributed by atoms with Gasteiger partial charge in [-0.3, -0.25) is 4.79 Å². The molecule has 0 aromatic heterocycles. The number of aliphatic hydroxyl groups excluding tert-OH is 4. The van der Waals surface area contributed by atoms with Crippen LogP contribution in [-0.2, 0) is 4.79 Å². The monoisotopic (exact) mass is 802 g/mol. The molecule has 0 radical (unpaired) electrons. The highest BCUT2D eigenvalue weighted by Crippen LogP contribution is 2.15. The fraction of sp³-hybridized carbons (Fsp3) is 0.824. The summed E-state index contributed by atoms with van der Waals surface area (Å²) in [6.07, 6.45) is 55.8. The summed E-state index contributed by atoms with van der Waals surface area (Å²) in [6, 6.07) is -1.01. The Labute approximate surface area is 353 Å². The zero-order valence-electron chi connectivity index (χ0n) is 37.6. The van der Waals surface area contributed by atoms with Gasteiger partial charge >= 0.3 is 0 Å². The summed E-state index contributed by atoms with van der Waals surface area (Å²) >= 11 is 0. The molecule has 0 rings (SSSR count). The SMILES string of the molecule is CCCCCCCC/C=C/CC/C=C/CC/C=C/CCCC(O)C(O)C(CO)NC(=O)C(O)CCCCCCCC/C=C\CCCCCCCCCCCCCC. The van der Waals surface area contributed by atoms with Crippen molar-refractivity contribution in [2.45, 2.75) is 263 Å². The van der Waals surface area contributed by atoms with Crippen LogP contribution in [0.1, 0.15) is 239 Å². The summed E-state index contributed by atoms with van der Waals surface area (Å²) in [6.45, 7) is 4.03. The molecule has 0 heterocycles. The van der Waals surface area contributed by atoms with E-state index in [4.69, 9.17) is 0 Å². The molecule has 0 aliphatic rings. The Morgan fingerprint density at radius 2 is 0.737 bits per heavy atom. The highest BCUT2D eigenvalue weighted by atomic mass is 16.3. The van der Waals surface area contributed by atoms with Gasteiger partial charge in [0.15, 0.2) is 0 Å². The minimum absolute atomic E-state index is 0.351. The number of nitrogens with one attached hydrogen (secondary N) is 1. The fourth-order valence-electron chi connectivity index (χ4n) is 7.31. The van der Waals surface area contributed by atoms with E-state index in [2.05, 4.69) is 67.8 Å². The van der Waals surface area contributed by atoms with E-state index in [1.807, 2.05) is 0 Å². The number of amides is 1. The van der Waals surface area contributed by atoms with Crippen LogP contribution in [0.25, 0.3) is 0 Å². The first-order chi connectivity index (χ1) is 28.0. The summed E-state index contributed by atoms with van der Waals surface area (Å²) in [4.78, 5) is 12.5. The molecule has 0 bridgehead atoms. The number of rotatable bonds is 44. The average molecular weight is 802 g/mol. The number of hydrogen-bond donors (Lipinski definition) is 5. The van der Waals surface area contributed by atoms with E-state index < -0.39 is 36.9 Å². The molecule has 334 valence electrons. The zero-order chi connectivity index (χ0) is 41.7. The van der Waals surface area contributed by atoms with E-state index in [0.29, 0.717) is 19.3 Å². The maximum Gasteiger partial charge on any atom is 0.249 e. The van der Waals surface area contributed by atoms with E-state index >= 15 is 0 Å². The van der Waals surface area contributed by atoms with Gasteiger partial charge in [0.2, 0.25) is 5.91 Å². The molecule has 0 aliphatic heterocycles. The van der Waals surface area contributed by atoms with Gasteiger partial charge in [-0.15, -0.1) is 0 Å². The van der Waals surface area contributed by atoms with Gasteiger partial charge in [-0.05, 0) is 89.9 Å². The van der Waals surface area contributed by atoms with Crippen molar-refractivity contribution in [1.82, 2.24) is 5.32 Å². The Hall–Kier alpha value is -1.73. The van der Waals surface area contributed by atoms with Crippen molar-refractivity contribution in [3.63, 3.8) is 0 Å². The lowest BCUT2D eigenvalue weighted by molar-refractivity contribution is -0.132. The van der Waals surface area contributed by atoms with Crippen LogP contribution in [0, 0.1) is 0 Å². The van der Waals surface area contributed by atoms with Crippen LogP contribution in [-0.4, -0.2) is 57.3 Å². The summed E-state index contributed by atoms with van der Waals surface area (Å²) in [5.41, 5.74) is 0. The predicted molar refractivity (Wildman–Crippen MR) is 247 cm³/mol. The van der Waals surface area contributed by atoms with Gasteiger partial charge in [-0.2, -0.15) is 0 Å². The second-order valence-corrected chi connectivity index (χ2v) is 16.8. The normalized spacial score (nSPS) is 14.4. The third kappa shape index (κ3) is 39.5. The van der Waals surface area contributed by atoms with Gasteiger partial charge in [-0.25, -0.2) is 0 Å². The number of allylic oxidation sites excluding steroid dienone is 8. The maximum absolute atomic E-state index is 12.5. The minimum Gasteiger partial charge on any atom is -0.394 e. The number of aliphatic hydroxyl groups is 4.